The van der Waals surface area contributed by atoms with Crippen molar-refractivity contribution in [1.82, 2.24) is 15.4 Å². The van der Waals surface area contributed by atoms with Gasteiger partial charge in [0.2, 0.25) is 0 Å². The van der Waals surface area contributed by atoms with Crippen molar-refractivity contribution in [2.75, 3.05) is 33.9 Å². The van der Waals surface area contributed by atoms with Gasteiger partial charge in [-0.15, -0.1) is 0 Å². The van der Waals surface area contributed by atoms with Gasteiger partial charge in [-0.3, -0.25) is 4.79 Å². The summed E-state index contributed by atoms with van der Waals surface area (Å²) in [5, 5.41) is 5.76. The summed E-state index contributed by atoms with van der Waals surface area (Å²) in [6.45, 7) is 4.34. The Hall–Kier alpha value is -2.98. The highest BCUT2D eigenvalue weighted by molar-refractivity contribution is 5.85. The number of esters is 1. The SMILES string of the molecule is CCCc1c(OCCCN(C)C(=O)NCC(C)C(=O)OC)ccc2c(C(F)(F)F)noc12. The van der Waals surface area contributed by atoms with Crippen LogP contribution in [0.2, 0.25) is 0 Å². The Kier molecular flexibility index (Phi) is 8.73. The van der Waals surface area contributed by atoms with Crippen molar-refractivity contribution in [3.05, 3.63) is 23.4 Å². The standard InChI is InChI=1S/C21H28F3N3O5/c1-5-7-14-16(9-8-15-17(14)32-26-18(15)21(22,23)24)31-11-6-10-27(3)20(29)25-12-13(2)19(28)30-4/h8-9,13H,5-7,10-12H2,1-4H3,(H,25,29). The van der Waals surface area contributed by atoms with Crippen molar-refractivity contribution < 1.29 is 36.8 Å². The Bertz CT molecular complexity index is 929. The van der Waals surface area contributed by atoms with Crippen LogP contribution in [-0.2, 0) is 22.1 Å². The van der Waals surface area contributed by atoms with Crippen molar-refractivity contribution in [3.63, 3.8) is 0 Å². The number of carbonyl (C=O) groups excluding carboxylic acids is 2. The Morgan fingerprint density at radius 3 is 2.66 bits per heavy atom. The van der Waals surface area contributed by atoms with E-state index in [1.165, 1.54) is 24.1 Å². The highest BCUT2D eigenvalue weighted by atomic mass is 19.4. The predicted octanol–water partition coefficient (Wildman–Crippen LogP) is 4.02. The number of halogens is 3. The lowest BCUT2D eigenvalue weighted by atomic mass is 10.0. The fourth-order valence-electron chi connectivity index (χ4n) is 3.11. The molecule has 2 amide bonds. The van der Waals surface area contributed by atoms with Crippen LogP contribution in [0.3, 0.4) is 0 Å². The lowest BCUT2D eigenvalue weighted by Gasteiger charge is -2.19. The maximum absolute atomic E-state index is 13.1. The molecule has 1 atom stereocenters. The minimum atomic E-state index is -4.60. The van der Waals surface area contributed by atoms with Crippen LogP contribution in [0.4, 0.5) is 18.0 Å². The molecule has 0 aliphatic rings. The van der Waals surface area contributed by atoms with Crippen molar-refractivity contribution in [1.29, 1.82) is 0 Å². The number of rotatable bonds is 10. The number of fused-ring (bicyclic) bond motifs is 1. The van der Waals surface area contributed by atoms with Crippen molar-refractivity contribution in [2.24, 2.45) is 5.92 Å². The highest BCUT2D eigenvalue weighted by Crippen LogP contribution is 2.38. The third-order valence-corrected chi connectivity index (χ3v) is 4.87. The van der Waals surface area contributed by atoms with E-state index in [1.54, 1.807) is 14.0 Å². The molecule has 0 bridgehead atoms. The molecule has 0 spiro atoms. The molecule has 2 rings (SSSR count). The minimum Gasteiger partial charge on any atom is -0.493 e. The summed E-state index contributed by atoms with van der Waals surface area (Å²) in [5.41, 5.74) is -0.436. The van der Waals surface area contributed by atoms with Crippen LogP contribution in [0.25, 0.3) is 11.0 Å². The lowest BCUT2D eigenvalue weighted by Crippen LogP contribution is -2.41. The number of ether oxygens (including phenoxy) is 2. The number of benzene rings is 1. The predicted molar refractivity (Wildman–Crippen MR) is 110 cm³/mol. The van der Waals surface area contributed by atoms with E-state index in [-0.39, 0.29) is 30.2 Å². The summed E-state index contributed by atoms with van der Waals surface area (Å²) in [6.07, 6.45) is -2.95. The van der Waals surface area contributed by atoms with E-state index in [0.29, 0.717) is 37.1 Å². The van der Waals surface area contributed by atoms with Crippen molar-refractivity contribution in [3.8, 4) is 5.75 Å². The average molecular weight is 459 g/mol. The monoisotopic (exact) mass is 459 g/mol. The molecule has 1 unspecified atom stereocenters. The molecule has 178 valence electrons. The van der Waals surface area contributed by atoms with E-state index >= 15 is 0 Å². The molecule has 0 saturated carbocycles. The first-order valence-corrected chi connectivity index (χ1v) is 10.3. The zero-order valence-electron chi connectivity index (χ0n) is 18.5. The number of urea groups is 1. The van der Waals surface area contributed by atoms with Gasteiger partial charge < -0.3 is 24.2 Å². The zero-order chi connectivity index (χ0) is 23.9. The van der Waals surface area contributed by atoms with Gasteiger partial charge in [-0.05, 0) is 25.0 Å². The van der Waals surface area contributed by atoms with E-state index in [1.807, 2.05) is 6.92 Å². The second-order valence-electron chi connectivity index (χ2n) is 7.43. The first-order valence-electron chi connectivity index (χ1n) is 10.3. The number of carbonyl (C=O) groups is 2. The fraction of sp³-hybridized carbons (Fsp3) is 0.571. The number of methoxy groups -OCH3 is 1. The van der Waals surface area contributed by atoms with Gasteiger partial charge in [0, 0.05) is 25.7 Å². The van der Waals surface area contributed by atoms with Crippen LogP contribution >= 0.6 is 0 Å². The normalized spacial score (nSPS) is 12.5. The molecule has 11 heteroatoms. The van der Waals surface area contributed by atoms with Gasteiger partial charge in [0.15, 0.2) is 11.3 Å². The lowest BCUT2D eigenvalue weighted by molar-refractivity contribution is -0.144. The van der Waals surface area contributed by atoms with Gasteiger partial charge in [0.25, 0.3) is 0 Å². The molecule has 1 heterocycles. The highest BCUT2D eigenvalue weighted by Gasteiger charge is 2.37. The summed E-state index contributed by atoms with van der Waals surface area (Å²) in [6, 6.07) is 2.45. The Morgan fingerprint density at radius 2 is 2.03 bits per heavy atom. The molecular weight excluding hydrogens is 431 g/mol. The van der Waals surface area contributed by atoms with Gasteiger partial charge >= 0.3 is 18.2 Å². The Balaban J connectivity index is 1.93. The van der Waals surface area contributed by atoms with Crippen LogP contribution in [0.5, 0.6) is 5.75 Å². The molecule has 1 aromatic heterocycles. The number of alkyl halides is 3. The van der Waals surface area contributed by atoms with E-state index in [9.17, 15) is 22.8 Å². The van der Waals surface area contributed by atoms with Gasteiger partial charge in [-0.25, -0.2) is 4.79 Å². The van der Waals surface area contributed by atoms with Crippen LogP contribution in [0, 0.1) is 5.92 Å². The molecule has 1 N–H and O–H groups in total. The molecule has 2 aromatic rings. The van der Waals surface area contributed by atoms with Crippen LogP contribution < -0.4 is 10.1 Å². The molecule has 0 fully saturated rings. The summed E-state index contributed by atoms with van der Waals surface area (Å²) in [4.78, 5) is 24.9. The number of hydrogen-bond donors (Lipinski definition) is 1. The summed E-state index contributed by atoms with van der Waals surface area (Å²) in [5.74, 6) is -0.430. The molecule has 1 aromatic carbocycles. The quantitative estimate of drug-likeness (QED) is 0.426. The van der Waals surface area contributed by atoms with Gasteiger partial charge in [0.05, 0.1) is 25.0 Å². The van der Waals surface area contributed by atoms with E-state index in [4.69, 9.17) is 9.26 Å². The summed E-state index contributed by atoms with van der Waals surface area (Å²) >= 11 is 0. The van der Waals surface area contributed by atoms with Crippen molar-refractivity contribution >= 4 is 23.0 Å². The van der Waals surface area contributed by atoms with E-state index in [2.05, 4.69) is 15.2 Å². The smallest absolute Gasteiger partial charge is 0.437 e. The average Bonchev–Trinajstić information content (AvgIpc) is 3.20. The second-order valence-corrected chi connectivity index (χ2v) is 7.43. The first-order chi connectivity index (χ1) is 15.1. The van der Waals surface area contributed by atoms with E-state index in [0.717, 1.165) is 0 Å². The van der Waals surface area contributed by atoms with Gasteiger partial charge in [-0.1, -0.05) is 25.4 Å². The molecule has 8 nitrogen and oxygen atoms in total. The van der Waals surface area contributed by atoms with Crippen LogP contribution in [0.1, 0.15) is 37.9 Å². The second kappa shape index (κ2) is 11.1. The molecule has 0 radical (unpaired) electrons. The Morgan fingerprint density at radius 1 is 1.31 bits per heavy atom. The topological polar surface area (TPSA) is 93.9 Å². The number of amides is 2. The molecule has 32 heavy (non-hydrogen) atoms. The van der Waals surface area contributed by atoms with Crippen LogP contribution in [0.15, 0.2) is 16.7 Å². The number of nitrogens with one attached hydrogen (secondary N) is 1. The van der Waals surface area contributed by atoms with Crippen LogP contribution in [-0.4, -0.2) is 55.9 Å². The van der Waals surface area contributed by atoms with E-state index < -0.39 is 23.8 Å². The largest absolute Gasteiger partial charge is 0.493 e. The van der Waals surface area contributed by atoms with Crippen molar-refractivity contribution in [2.45, 2.75) is 39.3 Å². The van der Waals surface area contributed by atoms with Gasteiger partial charge in [-0.2, -0.15) is 13.2 Å². The number of aryl methyl sites for hydroxylation is 1. The number of nitrogens with zero attached hydrogens (tertiary/aromatic N) is 2. The maximum atomic E-state index is 13.1. The minimum absolute atomic E-state index is 0.0768. The Labute approximate surface area is 184 Å². The maximum Gasteiger partial charge on any atom is 0.437 e. The molecular formula is C21H28F3N3O5. The number of hydrogen-bond acceptors (Lipinski definition) is 6. The first kappa shape index (κ1) is 25.3. The third-order valence-electron chi connectivity index (χ3n) is 4.87. The third kappa shape index (κ3) is 6.27. The molecule has 0 aliphatic carbocycles. The fourth-order valence-corrected chi connectivity index (χ4v) is 3.11. The summed E-state index contributed by atoms with van der Waals surface area (Å²) < 4.78 is 54.7. The number of aromatic nitrogens is 1. The summed E-state index contributed by atoms with van der Waals surface area (Å²) in [7, 11) is 2.90. The molecule has 0 aliphatic heterocycles. The molecule has 0 saturated heterocycles. The van der Waals surface area contributed by atoms with Gasteiger partial charge in [0.1, 0.15) is 5.75 Å². The zero-order valence-corrected chi connectivity index (χ0v) is 18.5.